The van der Waals surface area contributed by atoms with Gasteiger partial charge in [-0.15, -0.1) is 0 Å². The molecule has 4 aromatic rings. The second kappa shape index (κ2) is 9.49. The molecule has 9 heteroatoms. The lowest BCUT2D eigenvalue weighted by Crippen LogP contribution is -2.43. The van der Waals surface area contributed by atoms with E-state index in [-0.39, 0.29) is 23.0 Å². The minimum Gasteiger partial charge on any atom is -0.350 e. The number of halogens is 3. The van der Waals surface area contributed by atoms with E-state index in [1.807, 2.05) is 13.0 Å². The van der Waals surface area contributed by atoms with Crippen molar-refractivity contribution in [3.8, 4) is 5.69 Å². The number of alkyl halides is 3. The van der Waals surface area contributed by atoms with Crippen molar-refractivity contribution >= 4 is 16.8 Å². The largest absolute Gasteiger partial charge is 0.416 e. The van der Waals surface area contributed by atoms with E-state index in [1.54, 1.807) is 43.3 Å². The van der Waals surface area contributed by atoms with Crippen LogP contribution in [0.25, 0.3) is 16.6 Å². The fourth-order valence-corrected chi connectivity index (χ4v) is 4.16. The van der Waals surface area contributed by atoms with Crippen LogP contribution in [0, 0.1) is 13.8 Å². The van der Waals surface area contributed by atoms with Gasteiger partial charge in [0, 0.05) is 6.54 Å². The molecule has 3 aromatic carbocycles. The van der Waals surface area contributed by atoms with Crippen LogP contribution >= 0.6 is 0 Å². The highest BCUT2D eigenvalue weighted by molar-refractivity contribution is 5.84. The first-order chi connectivity index (χ1) is 17.0. The van der Waals surface area contributed by atoms with Crippen molar-refractivity contribution in [1.29, 1.82) is 0 Å². The normalized spacial score (nSPS) is 12.5. The zero-order valence-electron chi connectivity index (χ0n) is 19.9. The minimum atomic E-state index is -4.50. The molecule has 36 heavy (non-hydrogen) atoms. The second-order valence-corrected chi connectivity index (χ2v) is 8.62. The van der Waals surface area contributed by atoms with Gasteiger partial charge in [0.25, 0.3) is 5.56 Å². The molecule has 0 radical (unpaired) electrons. The Morgan fingerprint density at radius 3 is 2.39 bits per heavy atom. The molecule has 6 nitrogen and oxygen atoms in total. The van der Waals surface area contributed by atoms with Gasteiger partial charge in [-0.3, -0.25) is 14.2 Å². The molecular formula is C27H24F3N3O3. The molecule has 0 bridgehead atoms. The number of rotatable bonds is 5. The molecule has 0 saturated carbocycles. The Bertz CT molecular complexity index is 1590. The summed E-state index contributed by atoms with van der Waals surface area (Å²) in [5.41, 5.74) is 0.613. The Morgan fingerprint density at radius 2 is 1.67 bits per heavy atom. The standard InChI is InChI=1S/C27H24F3N3O3/c1-16-8-6-13-22(17(16)2)33-25(35)21-11-4-5-12-23(21)32(26(33)36)18(3)24(34)31-15-19-9-7-10-20(14-19)27(28,29)30/h4-14,18H,15H2,1-3H3,(H,31,34)/t18-/m1/s1. The van der Waals surface area contributed by atoms with E-state index in [1.165, 1.54) is 23.6 Å². The number of nitrogens with one attached hydrogen (secondary N) is 1. The maximum atomic E-state index is 13.7. The van der Waals surface area contributed by atoms with Crippen molar-refractivity contribution < 1.29 is 18.0 Å². The summed E-state index contributed by atoms with van der Waals surface area (Å²) in [4.78, 5) is 40.1. The maximum absolute atomic E-state index is 13.7. The van der Waals surface area contributed by atoms with Gasteiger partial charge in [-0.2, -0.15) is 13.2 Å². The monoisotopic (exact) mass is 495 g/mol. The van der Waals surface area contributed by atoms with Gasteiger partial charge in [0.15, 0.2) is 0 Å². The van der Waals surface area contributed by atoms with Crippen LogP contribution in [0.2, 0.25) is 0 Å². The van der Waals surface area contributed by atoms with E-state index in [4.69, 9.17) is 0 Å². The third-order valence-corrected chi connectivity index (χ3v) is 6.30. The molecule has 0 spiro atoms. The number of fused-ring (bicyclic) bond motifs is 1. The first kappa shape index (κ1) is 25.0. The lowest BCUT2D eigenvalue weighted by molar-refractivity contribution is -0.137. The Labute approximate surface area is 204 Å². The lowest BCUT2D eigenvalue weighted by Gasteiger charge is -2.20. The number of nitrogens with zero attached hydrogens (tertiary/aromatic N) is 2. The van der Waals surface area contributed by atoms with E-state index >= 15 is 0 Å². The number of para-hydroxylation sites is 1. The molecule has 1 amide bonds. The van der Waals surface area contributed by atoms with Crippen LogP contribution < -0.4 is 16.6 Å². The molecule has 0 aliphatic carbocycles. The highest BCUT2D eigenvalue weighted by Crippen LogP contribution is 2.29. The number of carbonyl (C=O) groups is 1. The Morgan fingerprint density at radius 1 is 0.972 bits per heavy atom. The summed E-state index contributed by atoms with van der Waals surface area (Å²) in [6.07, 6.45) is -4.50. The highest BCUT2D eigenvalue weighted by Gasteiger charge is 2.30. The molecule has 0 aliphatic rings. The Kier molecular flexibility index (Phi) is 6.58. The van der Waals surface area contributed by atoms with Gasteiger partial charge < -0.3 is 5.32 Å². The highest BCUT2D eigenvalue weighted by atomic mass is 19.4. The smallest absolute Gasteiger partial charge is 0.350 e. The van der Waals surface area contributed by atoms with E-state index in [2.05, 4.69) is 5.32 Å². The van der Waals surface area contributed by atoms with Crippen LogP contribution in [0.5, 0.6) is 0 Å². The summed E-state index contributed by atoms with van der Waals surface area (Å²) in [5, 5.41) is 2.87. The molecule has 1 heterocycles. The average molecular weight is 496 g/mol. The number of hydrogen-bond donors (Lipinski definition) is 1. The van der Waals surface area contributed by atoms with Crippen LogP contribution in [0.1, 0.15) is 35.2 Å². The number of amides is 1. The number of aryl methyl sites for hydroxylation is 1. The Balaban J connectivity index is 1.76. The summed E-state index contributed by atoms with van der Waals surface area (Å²) in [6, 6.07) is 15.4. The number of carbonyl (C=O) groups excluding carboxylic acids is 1. The SMILES string of the molecule is Cc1cccc(-n2c(=O)c3ccccc3n([C@H](C)C(=O)NCc3cccc(C(F)(F)F)c3)c2=O)c1C. The van der Waals surface area contributed by atoms with Crippen molar-refractivity contribution in [2.24, 2.45) is 0 Å². The van der Waals surface area contributed by atoms with Gasteiger partial charge in [-0.25, -0.2) is 9.36 Å². The van der Waals surface area contributed by atoms with E-state index < -0.39 is 34.9 Å². The van der Waals surface area contributed by atoms with Gasteiger partial charge in [-0.1, -0.05) is 36.4 Å². The van der Waals surface area contributed by atoms with Crippen molar-refractivity contribution in [3.63, 3.8) is 0 Å². The third-order valence-electron chi connectivity index (χ3n) is 6.30. The molecule has 0 unspecified atom stereocenters. The second-order valence-electron chi connectivity index (χ2n) is 8.62. The average Bonchev–Trinajstić information content (AvgIpc) is 2.84. The summed E-state index contributed by atoms with van der Waals surface area (Å²) in [6.45, 7) is 5.03. The maximum Gasteiger partial charge on any atom is 0.416 e. The fraction of sp³-hybridized carbons (Fsp3) is 0.222. The number of aromatic nitrogens is 2. The van der Waals surface area contributed by atoms with E-state index in [0.29, 0.717) is 5.69 Å². The number of benzene rings is 3. The molecule has 0 fully saturated rings. The predicted molar refractivity (Wildman–Crippen MR) is 131 cm³/mol. The first-order valence-electron chi connectivity index (χ1n) is 11.3. The quantitative estimate of drug-likeness (QED) is 0.438. The van der Waals surface area contributed by atoms with Crippen LogP contribution in [0.15, 0.2) is 76.3 Å². The minimum absolute atomic E-state index is 0.156. The van der Waals surface area contributed by atoms with Crippen LogP contribution in [-0.2, 0) is 17.5 Å². The van der Waals surface area contributed by atoms with Gasteiger partial charge in [0.05, 0.1) is 22.2 Å². The molecule has 1 N–H and O–H groups in total. The predicted octanol–water partition coefficient (Wildman–Crippen LogP) is 4.67. The van der Waals surface area contributed by atoms with Gasteiger partial charge in [0.1, 0.15) is 6.04 Å². The number of hydrogen-bond acceptors (Lipinski definition) is 3. The van der Waals surface area contributed by atoms with Gasteiger partial charge >= 0.3 is 11.9 Å². The van der Waals surface area contributed by atoms with E-state index in [9.17, 15) is 27.6 Å². The molecule has 4 rings (SSSR count). The molecule has 1 atom stereocenters. The zero-order valence-corrected chi connectivity index (χ0v) is 19.9. The molecular weight excluding hydrogens is 471 g/mol. The summed E-state index contributed by atoms with van der Waals surface area (Å²) < 4.78 is 41.4. The van der Waals surface area contributed by atoms with Crippen LogP contribution in [-0.4, -0.2) is 15.0 Å². The van der Waals surface area contributed by atoms with Crippen molar-refractivity contribution in [3.05, 3.63) is 110 Å². The molecule has 1 aromatic heterocycles. The van der Waals surface area contributed by atoms with Crippen molar-refractivity contribution in [2.75, 3.05) is 0 Å². The molecule has 186 valence electrons. The lowest BCUT2D eigenvalue weighted by atomic mass is 10.1. The zero-order chi connectivity index (χ0) is 26.2. The Hall–Kier alpha value is -4.14. The van der Waals surface area contributed by atoms with Gasteiger partial charge in [0.2, 0.25) is 5.91 Å². The van der Waals surface area contributed by atoms with Crippen molar-refractivity contribution in [2.45, 2.75) is 39.5 Å². The van der Waals surface area contributed by atoms with E-state index in [0.717, 1.165) is 27.8 Å². The van der Waals surface area contributed by atoms with Crippen molar-refractivity contribution in [1.82, 2.24) is 14.5 Å². The first-order valence-corrected chi connectivity index (χ1v) is 11.3. The summed E-state index contributed by atoms with van der Waals surface area (Å²) in [7, 11) is 0. The van der Waals surface area contributed by atoms with Crippen LogP contribution in [0.3, 0.4) is 0 Å². The third kappa shape index (κ3) is 4.56. The van der Waals surface area contributed by atoms with Gasteiger partial charge in [-0.05, 0) is 67.8 Å². The van der Waals surface area contributed by atoms with Crippen LogP contribution in [0.4, 0.5) is 13.2 Å². The summed E-state index contributed by atoms with van der Waals surface area (Å²) in [5.74, 6) is -0.578. The molecule has 0 saturated heterocycles. The molecule has 0 aliphatic heterocycles. The topological polar surface area (TPSA) is 73.1 Å². The fourth-order valence-electron chi connectivity index (χ4n) is 4.16. The summed E-state index contributed by atoms with van der Waals surface area (Å²) >= 11 is 0.